The maximum absolute atomic E-state index is 12.0. The molecule has 1 unspecified atom stereocenters. The number of ketones is 1. The molecule has 0 saturated heterocycles. The third-order valence-electron chi connectivity index (χ3n) is 3.58. The molecule has 0 saturated carbocycles. The van der Waals surface area contributed by atoms with Crippen LogP contribution in [0.25, 0.3) is 0 Å². The summed E-state index contributed by atoms with van der Waals surface area (Å²) in [6, 6.07) is -0.772. The van der Waals surface area contributed by atoms with E-state index in [1.807, 2.05) is 0 Å². The van der Waals surface area contributed by atoms with Crippen LogP contribution in [0.5, 0.6) is 0 Å². The summed E-state index contributed by atoms with van der Waals surface area (Å²) in [5.74, 6) is -1.67. The zero-order chi connectivity index (χ0) is 22.2. The average molecular weight is 413 g/mol. The molecular weight excluding hydrogens is 382 g/mol. The fraction of sp³-hybridized carbons (Fsp3) is 0.632. The topological polar surface area (TPSA) is 131 Å². The summed E-state index contributed by atoms with van der Waals surface area (Å²) in [4.78, 5) is 58.3. The molecule has 0 aromatic heterocycles. The molecule has 0 aromatic carbocycles. The minimum absolute atomic E-state index is 0.0897. The molecule has 10 nitrogen and oxygen atoms in total. The summed E-state index contributed by atoms with van der Waals surface area (Å²) >= 11 is 0. The van der Waals surface area contributed by atoms with Crippen LogP contribution < -0.4 is 10.6 Å². The maximum Gasteiger partial charge on any atom is 0.252 e. The number of allylic oxidation sites excluding steroid dienone is 1. The normalized spacial score (nSPS) is 11.9. The quantitative estimate of drug-likeness (QED) is 0.209. The summed E-state index contributed by atoms with van der Waals surface area (Å²) in [6.07, 6.45) is 3.25. The smallest absolute Gasteiger partial charge is 0.252 e. The van der Waals surface area contributed by atoms with E-state index in [9.17, 15) is 24.0 Å². The standard InChI is InChI=1S/C19H31N3O7/c1-5-6-17(26)22(13-23)7-8-28-9-10-29-12-16(25)21-18(14(2)3)19(27)20-11-15(4)24/h5-6,13-14,18H,7-12H2,1-4H3,(H,20,27)(H,21,25)/b6-5-. The van der Waals surface area contributed by atoms with Crippen molar-refractivity contribution in [3.63, 3.8) is 0 Å². The van der Waals surface area contributed by atoms with Crippen LogP contribution >= 0.6 is 0 Å². The van der Waals surface area contributed by atoms with Gasteiger partial charge in [-0.05, 0) is 25.8 Å². The van der Waals surface area contributed by atoms with Gasteiger partial charge in [-0.15, -0.1) is 0 Å². The summed E-state index contributed by atoms with van der Waals surface area (Å²) in [5.41, 5.74) is 0. The van der Waals surface area contributed by atoms with Gasteiger partial charge in [0.2, 0.25) is 18.2 Å². The molecule has 0 rings (SSSR count). The molecule has 0 heterocycles. The lowest BCUT2D eigenvalue weighted by atomic mass is 10.0. The van der Waals surface area contributed by atoms with Gasteiger partial charge in [0.1, 0.15) is 18.4 Å². The summed E-state index contributed by atoms with van der Waals surface area (Å²) < 4.78 is 10.4. The third kappa shape index (κ3) is 12.5. The highest BCUT2D eigenvalue weighted by Gasteiger charge is 2.24. The lowest BCUT2D eigenvalue weighted by Crippen LogP contribution is -2.51. The first-order valence-electron chi connectivity index (χ1n) is 9.33. The molecule has 0 fully saturated rings. The number of nitrogens with one attached hydrogen (secondary N) is 2. The predicted octanol–water partition coefficient (Wildman–Crippen LogP) is -0.573. The highest BCUT2D eigenvalue weighted by molar-refractivity contribution is 5.94. The van der Waals surface area contributed by atoms with Gasteiger partial charge in [0.05, 0.1) is 32.9 Å². The Hall–Kier alpha value is -2.59. The largest absolute Gasteiger partial charge is 0.377 e. The van der Waals surface area contributed by atoms with Crippen LogP contribution in [0.3, 0.4) is 0 Å². The van der Waals surface area contributed by atoms with Crippen molar-refractivity contribution in [1.82, 2.24) is 15.5 Å². The van der Waals surface area contributed by atoms with E-state index in [0.29, 0.717) is 6.41 Å². The Morgan fingerprint density at radius 1 is 1.07 bits per heavy atom. The summed E-state index contributed by atoms with van der Waals surface area (Å²) in [7, 11) is 0. The Bertz CT molecular complexity index is 590. The van der Waals surface area contributed by atoms with E-state index in [2.05, 4.69) is 10.6 Å². The number of nitrogens with zero attached hydrogens (tertiary/aromatic N) is 1. The zero-order valence-corrected chi connectivity index (χ0v) is 17.4. The van der Waals surface area contributed by atoms with E-state index in [-0.39, 0.29) is 51.2 Å². The van der Waals surface area contributed by atoms with Crippen molar-refractivity contribution in [2.24, 2.45) is 5.92 Å². The molecule has 0 aliphatic rings. The second-order valence-corrected chi connectivity index (χ2v) is 6.51. The third-order valence-corrected chi connectivity index (χ3v) is 3.58. The van der Waals surface area contributed by atoms with Gasteiger partial charge in [-0.3, -0.25) is 28.9 Å². The van der Waals surface area contributed by atoms with Gasteiger partial charge >= 0.3 is 0 Å². The zero-order valence-electron chi connectivity index (χ0n) is 17.4. The number of carbonyl (C=O) groups excluding carboxylic acids is 5. The summed E-state index contributed by atoms with van der Waals surface area (Å²) in [5, 5.41) is 5.04. The first kappa shape index (κ1) is 26.4. The molecule has 2 N–H and O–H groups in total. The molecule has 10 heteroatoms. The molecule has 0 aromatic rings. The van der Waals surface area contributed by atoms with Gasteiger partial charge in [-0.2, -0.15) is 0 Å². The lowest BCUT2D eigenvalue weighted by molar-refractivity contribution is -0.135. The molecule has 29 heavy (non-hydrogen) atoms. The number of amides is 4. The first-order chi connectivity index (χ1) is 13.7. The van der Waals surface area contributed by atoms with E-state index in [4.69, 9.17) is 9.47 Å². The molecule has 164 valence electrons. The first-order valence-corrected chi connectivity index (χ1v) is 9.33. The van der Waals surface area contributed by atoms with E-state index in [0.717, 1.165) is 4.90 Å². The second kappa shape index (κ2) is 15.3. The Labute approximate surface area is 171 Å². The average Bonchev–Trinajstić information content (AvgIpc) is 2.66. The molecule has 1 atom stereocenters. The van der Waals surface area contributed by atoms with Crippen LogP contribution in [0.4, 0.5) is 0 Å². The lowest BCUT2D eigenvalue weighted by Gasteiger charge is -2.21. The SMILES string of the molecule is C/C=C\C(=O)N(C=O)CCOCCOCC(=O)NC(C(=O)NCC(C)=O)C(C)C. The summed E-state index contributed by atoms with van der Waals surface area (Å²) in [6.45, 7) is 6.78. The Morgan fingerprint density at radius 2 is 1.72 bits per heavy atom. The molecular formula is C19H31N3O7. The number of carbonyl (C=O) groups is 5. The monoisotopic (exact) mass is 413 g/mol. The molecule has 0 bridgehead atoms. The predicted molar refractivity (Wildman–Crippen MR) is 105 cm³/mol. The number of hydrogen-bond donors (Lipinski definition) is 2. The fourth-order valence-electron chi connectivity index (χ4n) is 2.07. The van der Waals surface area contributed by atoms with Crippen molar-refractivity contribution in [2.45, 2.75) is 33.7 Å². The van der Waals surface area contributed by atoms with E-state index >= 15 is 0 Å². The molecule has 0 aliphatic carbocycles. The number of rotatable bonds is 15. The highest BCUT2D eigenvalue weighted by Crippen LogP contribution is 2.02. The Morgan fingerprint density at radius 3 is 2.28 bits per heavy atom. The van der Waals surface area contributed by atoms with Gasteiger partial charge in [-0.1, -0.05) is 19.9 Å². The molecule has 0 spiro atoms. The van der Waals surface area contributed by atoms with Crippen molar-refractivity contribution in [2.75, 3.05) is 39.5 Å². The Balaban J connectivity index is 4.07. The fourth-order valence-corrected chi connectivity index (χ4v) is 2.07. The van der Waals surface area contributed by atoms with Crippen LogP contribution in [-0.4, -0.2) is 80.4 Å². The van der Waals surface area contributed by atoms with Gasteiger partial charge in [-0.25, -0.2) is 0 Å². The molecule has 4 amide bonds. The van der Waals surface area contributed by atoms with Crippen LogP contribution in [0.1, 0.15) is 27.7 Å². The van der Waals surface area contributed by atoms with E-state index in [1.54, 1.807) is 20.8 Å². The van der Waals surface area contributed by atoms with Crippen molar-refractivity contribution in [3.05, 3.63) is 12.2 Å². The highest BCUT2D eigenvalue weighted by atomic mass is 16.5. The number of imide groups is 1. The Kier molecular flexibility index (Phi) is 14.0. The van der Waals surface area contributed by atoms with Crippen molar-refractivity contribution >= 4 is 29.9 Å². The molecule has 0 radical (unpaired) electrons. The van der Waals surface area contributed by atoms with Gasteiger partial charge < -0.3 is 20.1 Å². The van der Waals surface area contributed by atoms with E-state index in [1.165, 1.54) is 19.1 Å². The van der Waals surface area contributed by atoms with Crippen molar-refractivity contribution in [1.29, 1.82) is 0 Å². The van der Waals surface area contributed by atoms with Crippen LogP contribution in [0.2, 0.25) is 0 Å². The van der Waals surface area contributed by atoms with Crippen LogP contribution in [0, 0.1) is 5.92 Å². The number of hydrogen-bond acceptors (Lipinski definition) is 7. The van der Waals surface area contributed by atoms with Crippen LogP contribution in [0.15, 0.2) is 12.2 Å². The van der Waals surface area contributed by atoms with Gasteiger partial charge in [0.15, 0.2) is 0 Å². The van der Waals surface area contributed by atoms with E-state index < -0.39 is 23.8 Å². The second-order valence-electron chi connectivity index (χ2n) is 6.51. The molecule has 0 aliphatic heterocycles. The van der Waals surface area contributed by atoms with Crippen molar-refractivity contribution < 1.29 is 33.4 Å². The minimum atomic E-state index is -0.772. The number of ether oxygens (including phenoxy) is 2. The van der Waals surface area contributed by atoms with Gasteiger partial charge in [0.25, 0.3) is 5.91 Å². The van der Waals surface area contributed by atoms with Gasteiger partial charge in [0, 0.05) is 0 Å². The van der Waals surface area contributed by atoms with Crippen molar-refractivity contribution in [3.8, 4) is 0 Å². The van der Waals surface area contributed by atoms with Crippen LogP contribution in [-0.2, 0) is 33.4 Å². The number of Topliss-reactive ketones (excluding diaryl/α,β-unsaturated/α-hetero) is 1. The minimum Gasteiger partial charge on any atom is -0.377 e. The maximum atomic E-state index is 12.0.